The zero-order valence-electron chi connectivity index (χ0n) is 37.5. The number of esters is 1. The van der Waals surface area contributed by atoms with Crippen LogP contribution in [0.4, 0.5) is 0 Å². The first-order chi connectivity index (χ1) is 29.0. The highest BCUT2D eigenvalue weighted by molar-refractivity contribution is 5.98. The van der Waals surface area contributed by atoms with Crippen LogP contribution in [0, 0.1) is 11.8 Å². The summed E-state index contributed by atoms with van der Waals surface area (Å²) >= 11 is 0. The third-order valence-electron chi connectivity index (χ3n) is 10.3. The van der Waals surface area contributed by atoms with Crippen molar-refractivity contribution in [3.8, 4) is 0 Å². The van der Waals surface area contributed by atoms with Gasteiger partial charge in [0.1, 0.15) is 42.4 Å². The number of rotatable bonds is 21. The Morgan fingerprint density at radius 2 is 1.13 bits per heavy atom. The Kier molecular flexibility index (Phi) is 25.3. The molecule has 9 atom stereocenters. The first-order valence-corrected chi connectivity index (χ1v) is 21.8. The molecule has 62 heavy (non-hydrogen) atoms. The minimum Gasteiger partial charge on any atom is -0.458 e. The molecule has 354 valence electrons. The molecule has 1 saturated heterocycles. The molecule has 21 nitrogen and oxygen atoms in total. The van der Waals surface area contributed by atoms with Crippen molar-refractivity contribution in [3.05, 3.63) is 0 Å². The van der Waals surface area contributed by atoms with Crippen LogP contribution in [-0.2, 0) is 43.1 Å². The quantitative estimate of drug-likeness (QED) is 0.0278. The molecule has 1 heterocycles. The zero-order chi connectivity index (χ0) is 47.1. The lowest BCUT2D eigenvalue weighted by molar-refractivity contribution is -0.155. The van der Waals surface area contributed by atoms with E-state index >= 15 is 0 Å². The summed E-state index contributed by atoms with van der Waals surface area (Å²) in [5.74, 6) is -8.62. The van der Waals surface area contributed by atoms with Gasteiger partial charge in [-0.15, -0.1) is 0 Å². The molecule has 14 N–H and O–H groups in total. The summed E-state index contributed by atoms with van der Waals surface area (Å²) in [7, 11) is 0. The number of aliphatic hydroxyl groups is 2. The average molecular weight is 883 g/mol. The van der Waals surface area contributed by atoms with Gasteiger partial charge >= 0.3 is 5.97 Å². The molecule has 21 heteroatoms. The van der Waals surface area contributed by atoms with Crippen LogP contribution >= 0.6 is 0 Å². The maximum absolute atomic E-state index is 13.9. The first kappa shape index (κ1) is 55.0. The number of nitrogens with zero attached hydrogens (tertiary/aromatic N) is 1. The highest BCUT2D eigenvalue weighted by Gasteiger charge is 2.39. The van der Waals surface area contributed by atoms with Gasteiger partial charge in [0.05, 0.1) is 25.0 Å². The maximum Gasteiger partial charge on any atom is 0.328 e. The van der Waals surface area contributed by atoms with Gasteiger partial charge in [-0.1, -0.05) is 85.5 Å². The highest BCUT2D eigenvalue weighted by Crippen LogP contribution is 2.15. The number of carbonyl (C=O) groups is 8. The summed E-state index contributed by atoms with van der Waals surface area (Å²) in [5, 5.41) is 35.8. The van der Waals surface area contributed by atoms with Crippen LogP contribution in [0.25, 0.3) is 0 Å². The molecule has 0 aromatic carbocycles. The third kappa shape index (κ3) is 21.2. The SMILES string of the molecule is CC(C)[C@@H]1NC(=O)[C@@H](C(C)C)NC(=O)[C@@H](NC(=O)C[C@H](O)CCCCCCCCCCCCN=C(N)N)[C@@H](C)OC(=O)[C@@H](C)NC(=O)[C@@H](CC(N)=O)NC(=O)[C@@H]([C@@H](C)O)NC1=O. The molecule has 0 aromatic rings. The van der Waals surface area contributed by atoms with E-state index in [1.807, 2.05) is 0 Å². The Hall–Kier alpha value is -5.05. The lowest BCUT2D eigenvalue weighted by Gasteiger charge is -2.31. The van der Waals surface area contributed by atoms with Crippen LogP contribution in [0.5, 0.6) is 0 Å². The van der Waals surface area contributed by atoms with Gasteiger partial charge in [0.25, 0.3) is 0 Å². The Labute approximate surface area is 365 Å². The van der Waals surface area contributed by atoms with E-state index in [2.05, 4.69) is 36.9 Å². The fourth-order valence-electron chi connectivity index (χ4n) is 6.66. The predicted molar refractivity (Wildman–Crippen MR) is 230 cm³/mol. The van der Waals surface area contributed by atoms with Crippen LogP contribution in [0.1, 0.15) is 132 Å². The number of aliphatic hydroxyl groups excluding tert-OH is 2. The minimum absolute atomic E-state index is 0.112. The van der Waals surface area contributed by atoms with Crippen molar-refractivity contribution in [2.45, 2.75) is 186 Å². The van der Waals surface area contributed by atoms with E-state index in [1.54, 1.807) is 27.7 Å². The molecule has 1 aliphatic rings. The molecule has 0 aliphatic carbocycles. The maximum atomic E-state index is 13.9. The van der Waals surface area contributed by atoms with E-state index in [9.17, 15) is 48.6 Å². The lowest BCUT2D eigenvalue weighted by Crippen LogP contribution is -2.63. The van der Waals surface area contributed by atoms with Crippen molar-refractivity contribution in [1.29, 1.82) is 0 Å². The van der Waals surface area contributed by atoms with Crippen LogP contribution in [0.2, 0.25) is 0 Å². The van der Waals surface area contributed by atoms with Crippen molar-refractivity contribution >= 4 is 53.3 Å². The van der Waals surface area contributed by atoms with Crippen molar-refractivity contribution in [3.63, 3.8) is 0 Å². The molecular weight excluding hydrogens is 809 g/mol. The van der Waals surface area contributed by atoms with Crippen molar-refractivity contribution < 1.29 is 53.3 Å². The number of carbonyl (C=O) groups excluding carboxylic acids is 8. The number of primary amides is 1. The molecule has 1 aliphatic heterocycles. The molecule has 0 unspecified atom stereocenters. The smallest absolute Gasteiger partial charge is 0.328 e. The van der Waals surface area contributed by atoms with E-state index in [-0.39, 0.29) is 12.4 Å². The zero-order valence-corrected chi connectivity index (χ0v) is 37.5. The van der Waals surface area contributed by atoms with Gasteiger partial charge in [-0.05, 0) is 45.4 Å². The van der Waals surface area contributed by atoms with E-state index in [0.29, 0.717) is 19.4 Å². The molecule has 7 amide bonds. The van der Waals surface area contributed by atoms with Gasteiger partial charge in [-0.25, -0.2) is 4.79 Å². The number of nitrogens with two attached hydrogens (primary N) is 3. The summed E-state index contributed by atoms with van der Waals surface area (Å²) in [6.07, 6.45) is 5.31. The molecule has 0 bridgehead atoms. The van der Waals surface area contributed by atoms with Gasteiger partial charge in [0.2, 0.25) is 41.4 Å². The van der Waals surface area contributed by atoms with Crippen LogP contribution in [0.3, 0.4) is 0 Å². The second kappa shape index (κ2) is 28.5. The van der Waals surface area contributed by atoms with Crippen LogP contribution < -0.4 is 49.1 Å². The Morgan fingerprint density at radius 3 is 1.61 bits per heavy atom. The summed E-state index contributed by atoms with van der Waals surface area (Å²) in [5.41, 5.74) is 16.0. The third-order valence-corrected chi connectivity index (χ3v) is 10.3. The predicted octanol–water partition coefficient (Wildman–Crippen LogP) is -1.26. The molecular formula is C41H74N10O11. The second-order valence-corrected chi connectivity index (χ2v) is 16.8. The van der Waals surface area contributed by atoms with Gasteiger partial charge < -0.3 is 64.1 Å². The average Bonchev–Trinajstić information content (AvgIpc) is 3.16. The summed E-state index contributed by atoms with van der Waals surface area (Å²) in [6, 6.07) is -8.99. The van der Waals surface area contributed by atoms with Gasteiger partial charge in [0, 0.05) is 6.54 Å². The largest absolute Gasteiger partial charge is 0.458 e. The van der Waals surface area contributed by atoms with E-state index < -0.39 is 120 Å². The van der Waals surface area contributed by atoms with Crippen molar-refractivity contribution in [1.82, 2.24) is 31.9 Å². The van der Waals surface area contributed by atoms with Gasteiger partial charge in [-0.2, -0.15) is 0 Å². The fraction of sp³-hybridized carbons (Fsp3) is 0.780. The number of hydrogen-bond acceptors (Lipinski definition) is 12. The summed E-state index contributed by atoms with van der Waals surface area (Å²) in [6.45, 7) is 10.8. The first-order valence-electron chi connectivity index (χ1n) is 21.8. The van der Waals surface area contributed by atoms with Crippen LogP contribution in [-0.4, -0.2) is 125 Å². The summed E-state index contributed by atoms with van der Waals surface area (Å²) < 4.78 is 5.52. The minimum atomic E-state index is -1.68. The highest BCUT2D eigenvalue weighted by atomic mass is 16.5. The molecule has 0 radical (unpaired) electrons. The van der Waals surface area contributed by atoms with Gasteiger partial charge in [-0.3, -0.25) is 38.6 Å². The monoisotopic (exact) mass is 883 g/mol. The number of ether oxygens (including phenoxy) is 1. The number of aliphatic imine (C=N–C) groups is 1. The van der Waals surface area contributed by atoms with Gasteiger partial charge in [0.15, 0.2) is 5.96 Å². The molecule has 0 saturated carbocycles. The Balaban J connectivity index is 3.18. The van der Waals surface area contributed by atoms with Crippen molar-refractivity contribution in [2.24, 2.45) is 34.0 Å². The molecule has 1 fully saturated rings. The number of nitrogens with one attached hydrogen (secondary N) is 6. The molecule has 0 aromatic heterocycles. The van der Waals surface area contributed by atoms with E-state index in [4.69, 9.17) is 21.9 Å². The lowest BCUT2D eigenvalue weighted by atomic mass is 9.98. The molecule has 0 spiro atoms. The normalized spacial score (nSPS) is 24.5. The number of hydrogen-bond donors (Lipinski definition) is 11. The van der Waals surface area contributed by atoms with E-state index in [1.165, 1.54) is 20.8 Å². The molecule has 1 rings (SSSR count). The number of guanidine groups is 1. The number of cyclic esters (lactones) is 1. The second-order valence-electron chi connectivity index (χ2n) is 16.8. The topological polar surface area (TPSA) is 349 Å². The van der Waals surface area contributed by atoms with E-state index in [0.717, 1.165) is 57.8 Å². The number of unbranched alkanes of at least 4 members (excludes halogenated alkanes) is 9. The standard InChI is InChI=1S/C41H74N10O11/c1-22(2)31-36(57)49-32(23(3)4)37(58)51-33(25(6)52)38(59)47-28(21-29(42)54)35(56)46-24(5)40(61)62-26(7)34(39(60)50-31)48-30(55)20-27(53)18-16-14-12-10-8-9-11-13-15-17-19-45-41(43)44/h22-28,31-34,52-53H,8-21H2,1-7H3,(H2,42,54)(H,46,56)(H,47,59)(H,48,55)(H,49,57)(H,50,60)(H,51,58)(H4,43,44,45)/t24-,25-,26-,27-,28-,31-,32+,33-,34+/m1/s1. The van der Waals surface area contributed by atoms with Crippen molar-refractivity contribution in [2.75, 3.05) is 6.54 Å². The fourth-order valence-corrected chi connectivity index (χ4v) is 6.66. The Bertz CT molecular complexity index is 1520. The van der Waals surface area contributed by atoms with Crippen LogP contribution in [0.15, 0.2) is 4.99 Å². The number of amides is 7. The Morgan fingerprint density at radius 1 is 0.661 bits per heavy atom. The summed E-state index contributed by atoms with van der Waals surface area (Å²) in [4.78, 5) is 110.